The molecule has 1 aliphatic heterocycles. The van der Waals surface area contributed by atoms with Gasteiger partial charge < -0.3 is 9.64 Å². The number of aryl methyl sites for hydroxylation is 2. The molecule has 8 nitrogen and oxygen atoms in total. The van der Waals surface area contributed by atoms with E-state index in [4.69, 9.17) is 4.74 Å². The van der Waals surface area contributed by atoms with Crippen molar-refractivity contribution in [3.05, 3.63) is 59.0 Å². The number of halogens is 1. The predicted octanol–water partition coefficient (Wildman–Crippen LogP) is 2.78. The van der Waals surface area contributed by atoms with Crippen molar-refractivity contribution in [2.24, 2.45) is 7.05 Å². The highest BCUT2D eigenvalue weighted by molar-refractivity contribution is 5.89. The van der Waals surface area contributed by atoms with E-state index in [9.17, 15) is 14.0 Å². The van der Waals surface area contributed by atoms with Crippen molar-refractivity contribution < 1.29 is 18.7 Å². The molecule has 0 N–H and O–H groups in total. The first-order valence-electron chi connectivity index (χ1n) is 10.9. The number of aromatic nitrogens is 2. The van der Waals surface area contributed by atoms with Crippen LogP contribution in [0.3, 0.4) is 0 Å². The number of carbonyl (C=O) groups is 2. The van der Waals surface area contributed by atoms with E-state index in [0.717, 1.165) is 33.3 Å². The molecule has 0 fully saturated rings. The van der Waals surface area contributed by atoms with Crippen LogP contribution in [0.4, 0.5) is 10.1 Å². The van der Waals surface area contributed by atoms with Crippen LogP contribution in [-0.4, -0.2) is 58.4 Å². The third-order valence-corrected chi connectivity index (χ3v) is 6.02. The molecule has 4 rings (SSSR count). The zero-order valence-corrected chi connectivity index (χ0v) is 19.3. The Kier molecular flexibility index (Phi) is 6.33. The molecule has 1 amide bonds. The van der Waals surface area contributed by atoms with Crippen LogP contribution in [0.1, 0.15) is 23.6 Å². The summed E-state index contributed by atoms with van der Waals surface area (Å²) in [5.41, 5.74) is 4.47. The molecule has 0 spiro atoms. The molecule has 2 aromatic carbocycles. The van der Waals surface area contributed by atoms with Gasteiger partial charge in [-0.1, -0.05) is 6.07 Å². The highest BCUT2D eigenvalue weighted by atomic mass is 19.1. The van der Waals surface area contributed by atoms with Gasteiger partial charge in [-0.15, -0.1) is 0 Å². The maximum absolute atomic E-state index is 13.6. The van der Waals surface area contributed by atoms with Gasteiger partial charge >= 0.3 is 5.97 Å². The summed E-state index contributed by atoms with van der Waals surface area (Å²) < 4.78 is 20.5. The monoisotopic (exact) mass is 453 g/mol. The highest BCUT2D eigenvalue weighted by Crippen LogP contribution is 2.28. The molecule has 1 aliphatic rings. The molecule has 0 saturated carbocycles. The minimum atomic E-state index is -0.401. The van der Waals surface area contributed by atoms with Crippen molar-refractivity contribution in [1.29, 1.82) is 0 Å². The van der Waals surface area contributed by atoms with E-state index < -0.39 is 5.97 Å². The van der Waals surface area contributed by atoms with Gasteiger partial charge in [-0.05, 0) is 54.8 Å². The fourth-order valence-electron chi connectivity index (χ4n) is 4.21. The second-order valence-corrected chi connectivity index (χ2v) is 8.28. The number of amides is 1. The van der Waals surface area contributed by atoms with E-state index in [1.165, 1.54) is 12.1 Å². The second kappa shape index (κ2) is 9.19. The lowest BCUT2D eigenvalue weighted by atomic mass is 10.1. The van der Waals surface area contributed by atoms with Gasteiger partial charge in [0.25, 0.3) is 5.91 Å². The van der Waals surface area contributed by atoms with E-state index in [0.29, 0.717) is 13.1 Å². The molecule has 0 aliphatic carbocycles. The molecular formula is C24H28FN5O3. The Labute approximate surface area is 192 Å². The lowest BCUT2D eigenvalue weighted by Gasteiger charge is -2.31. The van der Waals surface area contributed by atoms with E-state index in [2.05, 4.69) is 5.10 Å². The molecule has 0 unspecified atom stereocenters. The number of fused-ring (bicyclic) bond motifs is 2. The standard InChI is InChI=1S/C24H28FN5O3/c1-5-33-24(32)15-29(21-10-22-18(8-16(21)2)11-26-27(22)3)14-23(31)28(4)30-12-17-6-7-20(25)9-19(17)13-30/h6-11H,5,12-15H2,1-4H3. The third kappa shape index (κ3) is 4.68. The summed E-state index contributed by atoms with van der Waals surface area (Å²) in [6, 6.07) is 8.63. The van der Waals surface area contributed by atoms with E-state index >= 15 is 0 Å². The fraction of sp³-hybridized carbons (Fsp3) is 0.375. The molecule has 174 valence electrons. The Hall–Kier alpha value is -3.46. The predicted molar refractivity (Wildman–Crippen MR) is 123 cm³/mol. The third-order valence-electron chi connectivity index (χ3n) is 6.02. The summed E-state index contributed by atoms with van der Waals surface area (Å²) in [5, 5.41) is 8.70. The first-order chi connectivity index (χ1) is 15.8. The summed E-state index contributed by atoms with van der Waals surface area (Å²) in [5.74, 6) is -0.871. The lowest BCUT2D eigenvalue weighted by Crippen LogP contribution is -2.47. The molecule has 0 atom stereocenters. The van der Waals surface area contributed by atoms with Crippen LogP contribution in [0.5, 0.6) is 0 Å². The van der Waals surface area contributed by atoms with Crippen molar-refractivity contribution >= 4 is 28.5 Å². The first-order valence-corrected chi connectivity index (χ1v) is 10.9. The van der Waals surface area contributed by atoms with Crippen LogP contribution >= 0.6 is 0 Å². The quantitative estimate of drug-likeness (QED) is 0.513. The number of likely N-dealkylation sites (N-methyl/N-ethyl adjacent to an activating group) is 1. The maximum Gasteiger partial charge on any atom is 0.325 e. The zero-order chi connectivity index (χ0) is 23.7. The molecule has 0 bridgehead atoms. The van der Waals surface area contributed by atoms with Crippen LogP contribution < -0.4 is 4.90 Å². The van der Waals surface area contributed by atoms with Gasteiger partial charge in [0.1, 0.15) is 12.4 Å². The van der Waals surface area contributed by atoms with Gasteiger partial charge in [0.2, 0.25) is 0 Å². The summed E-state index contributed by atoms with van der Waals surface area (Å²) in [6.45, 7) is 4.87. The van der Waals surface area contributed by atoms with E-state index in [1.54, 1.807) is 40.8 Å². The lowest BCUT2D eigenvalue weighted by molar-refractivity contribution is -0.145. The fourth-order valence-corrected chi connectivity index (χ4v) is 4.21. The first kappa shape index (κ1) is 22.7. The number of hydrogen-bond acceptors (Lipinski definition) is 6. The Morgan fingerprint density at radius 3 is 2.67 bits per heavy atom. The number of ether oxygens (including phenoxy) is 1. The van der Waals surface area contributed by atoms with E-state index in [1.807, 2.05) is 31.1 Å². The normalized spacial score (nSPS) is 13.2. The SMILES string of the molecule is CCOC(=O)CN(CC(=O)N(C)N1Cc2ccc(F)cc2C1)c1cc2c(cnn2C)cc1C. The van der Waals surface area contributed by atoms with Gasteiger partial charge in [0.15, 0.2) is 0 Å². The number of esters is 1. The summed E-state index contributed by atoms with van der Waals surface area (Å²) in [7, 11) is 3.55. The number of benzene rings is 2. The summed E-state index contributed by atoms with van der Waals surface area (Å²) in [4.78, 5) is 27.4. The Balaban J connectivity index is 1.56. The molecule has 1 aromatic heterocycles. The largest absolute Gasteiger partial charge is 0.465 e. The average Bonchev–Trinajstić information content (AvgIpc) is 3.35. The Bertz CT molecular complexity index is 1210. The topological polar surface area (TPSA) is 70.9 Å². The number of anilines is 1. The van der Waals surface area contributed by atoms with E-state index in [-0.39, 0.29) is 31.4 Å². The molecule has 2 heterocycles. The van der Waals surface area contributed by atoms with Gasteiger partial charge in [0.05, 0.1) is 24.9 Å². The zero-order valence-electron chi connectivity index (χ0n) is 19.3. The number of rotatable bonds is 7. The highest BCUT2D eigenvalue weighted by Gasteiger charge is 2.27. The van der Waals surface area contributed by atoms with Gasteiger partial charge in [-0.3, -0.25) is 19.3 Å². The smallest absolute Gasteiger partial charge is 0.325 e. The number of hydrogen-bond donors (Lipinski definition) is 0. The second-order valence-electron chi connectivity index (χ2n) is 8.28. The summed E-state index contributed by atoms with van der Waals surface area (Å²) in [6.07, 6.45) is 1.79. The van der Waals surface area contributed by atoms with Gasteiger partial charge in [0, 0.05) is 38.3 Å². The van der Waals surface area contributed by atoms with Crippen LogP contribution in [-0.2, 0) is 34.5 Å². The van der Waals surface area contributed by atoms with Crippen LogP contribution in [0.2, 0.25) is 0 Å². The number of hydrazine groups is 1. The molecule has 9 heteroatoms. The molecule has 0 radical (unpaired) electrons. The molecule has 3 aromatic rings. The number of carbonyl (C=O) groups excluding carboxylic acids is 2. The Morgan fingerprint density at radius 2 is 1.91 bits per heavy atom. The Morgan fingerprint density at radius 1 is 1.15 bits per heavy atom. The van der Waals surface area contributed by atoms with Crippen molar-refractivity contribution in [2.75, 3.05) is 31.6 Å². The number of nitrogens with zero attached hydrogens (tertiary/aromatic N) is 5. The summed E-state index contributed by atoms with van der Waals surface area (Å²) >= 11 is 0. The van der Waals surface area contributed by atoms with Crippen LogP contribution in [0, 0.1) is 12.7 Å². The van der Waals surface area contributed by atoms with Crippen LogP contribution in [0.15, 0.2) is 36.5 Å². The van der Waals surface area contributed by atoms with Gasteiger partial charge in [-0.2, -0.15) is 5.10 Å². The minimum Gasteiger partial charge on any atom is -0.465 e. The van der Waals surface area contributed by atoms with Crippen molar-refractivity contribution in [2.45, 2.75) is 26.9 Å². The molecular weight excluding hydrogens is 425 g/mol. The van der Waals surface area contributed by atoms with Gasteiger partial charge in [-0.25, -0.2) is 9.40 Å². The maximum atomic E-state index is 13.6. The van der Waals surface area contributed by atoms with Crippen LogP contribution in [0.25, 0.3) is 10.9 Å². The van der Waals surface area contributed by atoms with Crippen molar-refractivity contribution in [1.82, 2.24) is 19.8 Å². The van der Waals surface area contributed by atoms with Crippen molar-refractivity contribution in [3.63, 3.8) is 0 Å². The average molecular weight is 454 g/mol. The minimum absolute atomic E-state index is 0.0132. The van der Waals surface area contributed by atoms with Crippen molar-refractivity contribution in [3.8, 4) is 0 Å². The molecule has 0 saturated heterocycles. The molecule has 33 heavy (non-hydrogen) atoms.